The van der Waals surface area contributed by atoms with Gasteiger partial charge in [0.05, 0.1) is 10.6 Å². The van der Waals surface area contributed by atoms with Crippen molar-refractivity contribution in [2.24, 2.45) is 5.92 Å². The van der Waals surface area contributed by atoms with Crippen molar-refractivity contribution < 1.29 is 9.90 Å². The Bertz CT molecular complexity index is 381. The SMILES string of the molecule is O=C(c1c(Cl)cccc1Br)C(O)C1CC1. The van der Waals surface area contributed by atoms with Gasteiger partial charge in [-0.3, -0.25) is 4.79 Å². The second-order valence-corrected chi connectivity index (χ2v) is 5.00. The maximum atomic E-state index is 11.9. The Labute approximate surface area is 101 Å². The predicted octanol–water partition coefficient (Wildman–Crippen LogP) is 3.06. The first-order valence-corrected chi connectivity index (χ1v) is 5.94. The standard InChI is InChI=1S/C11H10BrClO2/c12-7-2-1-3-8(13)9(7)11(15)10(14)6-4-5-6/h1-3,6,10,14H,4-5H2. The molecule has 1 aromatic carbocycles. The van der Waals surface area contributed by atoms with Crippen LogP contribution in [0.3, 0.4) is 0 Å². The third-order valence-corrected chi connectivity index (χ3v) is 3.52. The van der Waals surface area contributed by atoms with Gasteiger partial charge in [0.2, 0.25) is 0 Å². The minimum absolute atomic E-state index is 0.126. The van der Waals surface area contributed by atoms with Crippen molar-refractivity contribution in [2.45, 2.75) is 18.9 Å². The van der Waals surface area contributed by atoms with Crippen LogP contribution in [0.4, 0.5) is 0 Å². The number of hydrogen-bond donors (Lipinski definition) is 1. The van der Waals surface area contributed by atoms with Gasteiger partial charge in [0.1, 0.15) is 6.10 Å². The van der Waals surface area contributed by atoms with E-state index < -0.39 is 6.10 Å². The molecule has 80 valence electrons. The summed E-state index contributed by atoms with van der Waals surface area (Å²) in [6.07, 6.45) is 0.949. The molecule has 0 radical (unpaired) electrons. The van der Waals surface area contributed by atoms with Gasteiger partial charge >= 0.3 is 0 Å². The Morgan fingerprint density at radius 3 is 2.73 bits per heavy atom. The smallest absolute Gasteiger partial charge is 0.194 e. The number of benzene rings is 1. The average molecular weight is 290 g/mol. The van der Waals surface area contributed by atoms with Crippen LogP contribution < -0.4 is 0 Å². The van der Waals surface area contributed by atoms with Crippen molar-refractivity contribution in [1.29, 1.82) is 0 Å². The van der Waals surface area contributed by atoms with Crippen LogP contribution in [0.1, 0.15) is 23.2 Å². The summed E-state index contributed by atoms with van der Waals surface area (Å²) < 4.78 is 0.639. The summed E-state index contributed by atoms with van der Waals surface area (Å²) in [4.78, 5) is 11.9. The molecule has 2 nitrogen and oxygen atoms in total. The highest BCUT2D eigenvalue weighted by atomic mass is 79.9. The Kier molecular flexibility index (Phi) is 3.14. The van der Waals surface area contributed by atoms with E-state index in [0.29, 0.717) is 15.1 Å². The molecule has 0 aromatic heterocycles. The number of ketones is 1. The van der Waals surface area contributed by atoms with Crippen LogP contribution in [0.25, 0.3) is 0 Å². The molecule has 0 spiro atoms. The Morgan fingerprint density at radius 2 is 2.20 bits per heavy atom. The molecule has 1 aliphatic carbocycles. The fourth-order valence-electron chi connectivity index (χ4n) is 1.51. The number of carbonyl (C=O) groups excluding carboxylic acids is 1. The van der Waals surface area contributed by atoms with E-state index in [4.69, 9.17) is 11.6 Å². The number of rotatable bonds is 3. The maximum Gasteiger partial charge on any atom is 0.194 e. The lowest BCUT2D eigenvalue weighted by Crippen LogP contribution is -2.23. The lowest BCUT2D eigenvalue weighted by atomic mass is 10.0. The second kappa shape index (κ2) is 4.24. The lowest BCUT2D eigenvalue weighted by Gasteiger charge is -2.10. The van der Waals surface area contributed by atoms with Gasteiger partial charge in [-0.1, -0.05) is 17.7 Å². The van der Waals surface area contributed by atoms with Crippen LogP contribution in [0.15, 0.2) is 22.7 Å². The topological polar surface area (TPSA) is 37.3 Å². The predicted molar refractivity (Wildman–Crippen MR) is 62.2 cm³/mol. The quantitative estimate of drug-likeness (QED) is 0.868. The first kappa shape index (κ1) is 11.1. The zero-order valence-electron chi connectivity index (χ0n) is 7.91. The van der Waals surface area contributed by atoms with Gasteiger partial charge < -0.3 is 5.11 Å². The van der Waals surface area contributed by atoms with E-state index in [0.717, 1.165) is 12.8 Å². The average Bonchev–Trinajstić information content (AvgIpc) is 2.99. The van der Waals surface area contributed by atoms with Crippen LogP contribution in [0.2, 0.25) is 5.02 Å². The van der Waals surface area contributed by atoms with Gasteiger partial charge in [0.25, 0.3) is 0 Å². The molecule has 0 amide bonds. The summed E-state index contributed by atoms with van der Waals surface area (Å²) in [5, 5.41) is 10.1. The minimum atomic E-state index is -0.902. The zero-order chi connectivity index (χ0) is 11.0. The van der Waals surface area contributed by atoms with Gasteiger partial charge in [0.15, 0.2) is 5.78 Å². The molecule has 1 N–H and O–H groups in total. The number of halogens is 2. The van der Waals surface area contributed by atoms with Crippen LogP contribution in [0.5, 0.6) is 0 Å². The van der Waals surface area contributed by atoms with Crippen molar-refractivity contribution in [3.05, 3.63) is 33.3 Å². The van der Waals surface area contributed by atoms with E-state index in [9.17, 15) is 9.90 Å². The molecule has 0 saturated heterocycles. The van der Waals surface area contributed by atoms with E-state index >= 15 is 0 Å². The maximum absolute atomic E-state index is 11.9. The Balaban J connectivity index is 2.31. The third-order valence-electron chi connectivity index (χ3n) is 2.55. The third kappa shape index (κ3) is 2.25. The van der Waals surface area contributed by atoms with Crippen molar-refractivity contribution in [2.75, 3.05) is 0 Å². The molecular weight excluding hydrogens is 279 g/mol. The molecule has 1 fully saturated rings. The van der Waals surface area contributed by atoms with Gasteiger partial charge in [-0.15, -0.1) is 0 Å². The molecule has 0 bridgehead atoms. The van der Waals surface area contributed by atoms with Crippen molar-refractivity contribution >= 4 is 33.3 Å². The lowest BCUT2D eigenvalue weighted by molar-refractivity contribution is 0.0703. The van der Waals surface area contributed by atoms with Crippen molar-refractivity contribution in [1.82, 2.24) is 0 Å². The molecule has 15 heavy (non-hydrogen) atoms. The highest BCUT2D eigenvalue weighted by molar-refractivity contribution is 9.10. The van der Waals surface area contributed by atoms with Crippen LogP contribution >= 0.6 is 27.5 Å². The fourth-order valence-corrected chi connectivity index (χ4v) is 2.45. The summed E-state index contributed by atoms with van der Waals surface area (Å²) >= 11 is 9.20. The molecule has 1 unspecified atom stereocenters. The summed E-state index contributed by atoms with van der Waals surface area (Å²) in [5.74, 6) is -0.157. The normalized spacial score (nSPS) is 17.5. The van der Waals surface area contributed by atoms with Crippen molar-refractivity contribution in [3.8, 4) is 0 Å². The molecule has 2 rings (SSSR count). The molecule has 0 heterocycles. The van der Waals surface area contributed by atoms with E-state index in [2.05, 4.69) is 15.9 Å². The zero-order valence-corrected chi connectivity index (χ0v) is 10.3. The number of aliphatic hydroxyl groups is 1. The number of Topliss-reactive ketones (excluding diaryl/α,β-unsaturated/α-hetero) is 1. The van der Waals surface area contributed by atoms with Gasteiger partial charge in [0, 0.05) is 4.47 Å². The monoisotopic (exact) mass is 288 g/mol. The number of hydrogen-bond acceptors (Lipinski definition) is 2. The summed E-state index contributed by atoms with van der Waals surface area (Å²) in [6, 6.07) is 5.16. The Hall–Kier alpha value is -0.380. The highest BCUT2D eigenvalue weighted by Crippen LogP contribution is 2.36. The molecule has 0 aliphatic heterocycles. The largest absolute Gasteiger partial charge is 0.385 e. The molecule has 1 saturated carbocycles. The van der Waals surface area contributed by atoms with Gasteiger partial charge in [-0.25, -0.2) is 0 Å². The molecule has 1 aromatic rings. The highest BCUT2D eigenvalue weighted by Gasteiger charge is 2.36. The minimum Gasteiger partial charge on any atom is -0.385 e. The van der Waals surface area contributed by atoms with Crippen LogP contribution in [-0.4, -0.2) is 17.0 Å². The summed E-state index contributed by atoms with van der Waals surface area (Å²) in [7, 11) is 0. The molecule has 1 aliphatic rings. The van der Waals surface area contributed by atoms with Gasteiger partial charge in [-0.05, 0) is 46.8 Å². The number of aliphatic hydroxyl groups excluding tert-OH is 1. The fraction of sp³-hybridized carbons (Fsp3) is 0.364. The summed E-state index contributed by atoms with van der Waals surface area (Å²) in [6.45, 7) is 0. The van der Waals surface area contributed by atoms with E-state index in [1.807, 2.05) is 0 Å². The molecular formula is C11H10BrClO2. The molecule has 1 atom stereocenters. The van der Waals surface area contributed by atoms with E-state index in [1.54, 1.807) is 18.2 Å². The second-order valence-electron chi connectivity index (χ2n) is 3.74. The first-order valence-electron chi connectivity index (χ1n) is 4.77. The van der Waals surface area contributed by atoms with E-state index in [-0.39, 0.29) is 11.7 Å². The van der Waals surface area contributed by atoms with Crippen LogP contribution in [-0.2, 0) is 0 Å². The van der Waals surface area contributed by atoms with Gasteiger partial charge in [-0.2, -0.15) is 0 Å². The van der Waals surface area contributed by atoms with Crippen LogP contribution in [0, 0.1) is 5.92 Å². The molecule has 4 heteroatoms. The van der Waals surface area contributed by atoms with Crippen molar-refractivity contribution in [3.63, 3.8) is 0 Å². The van der Waals surface area contributed by atoms with E-state index in [1.165, 1.54) is 0 Å². The first-order chi connectivity index (χ1) is 7.11. The summed E-state index contributed by atoms with van der Waals surface area (Å²) in [5.41, 5.74) is 0.388. The Morgan fingerprint density at radius 1 is 1.53 bits per heavy atom. The number of carbonyl (C=O) groups is 1.